The number of ether oxygens (including phenoxy) is 1. The number of aromatic nitrogens is 2. The van der Waals surface area contributed by atoms with Gasteiger partial charge in [0.1, 0.15) is 23.2 Å². The number of hydrogen-bond acceptors (Lipinski definition) is 6. The summed E-state index contributed by atoms with van der Waals surface area (Å²) in [5.41, 5.74) is 7.99. The number of aryl methyl sites for hydroxylation is 1. The van der Waals surface area contributed by atoms with E-state index in [2.05, 4.69) is 16.3 Å². The molecule has 9 heteroatoms. The molecule has 1 aromatic carbocycles. The fourth-order valence-corrected chi connectivity index (χ4v) is 3.39. The van der Waals surface area contributed by atoms with Crippen molar-refractivity contribution in [3.63, 3.8) is 0 Å². The van der Waals surface area contributed by atoms with Crippen molar-refractivity contribution in [1.82, 2.24) is 10.2 Å². The summed E-state index contributed by atoms with van der Waals surface area (Å²) in [6.45, 7) is 1.81. The van der Waals surface area contributed by atoms with Gasteiger partial charge in [-0.15, -0.1) is 5.10 Å². The number of rotatable bonds is 3. The highest BCUT2D eigenvalue weighted by Gasteiger charge is 2.36. The molecule has 3 heterocycles. The van der Waals surface area contributed by atoms with Crippen LogP contribution < -0.4 is 10.5 Å². The summed E-state index contributed by atoms with van der Waals surface area (Å²) in [6.07, 6.45) is 0. The number of fused-ring (bicyclic) bond motifs is 1. The Morgan fingerprint density at radius 2 is 2.18 bits per heavy atom. The van der Waals surface area contributed by atoms with E-state index in [1.807, 2.05) is 0 Å². The number of aromatic carboxylic acids is 1. The molecule has 4 N–H and O–H groups in total. The minimum absolute atomic E-state index is 0.0296. The normalized spacial score (nSPS) is 15.7. The predicted octanol–water partition coefficient (Wildman–Crippen LogP) is 3.55. The van der Waals surface area contributed by atoms with Gasteiger partial charge in [-0.25, -0.2) is 4.79 Å². The number of nitriles is 1. The van der Waals surface area contributed by atoms with Crippen molar-refractivity contribution in [3.8, 4) is 23.3 Å². The Bertz CT molecular complexity index is 1190. The molecule has 0 spiro atoms. The molecule has 0 amide bonds. The molecule has 8 nitrogen and oxygen atoms in total. The first-order chi connectivity index (χ1) is 13.4. The Morgan fingerprint density at radius 1 is 1.39 bits per heavy atom. The number of aromatic amines is 1. The first-order valence-electron chi connectivity index (χ1n) is 8.16. The molecule has 28 heavy (non-hydrogen) atoms. The largest absolute Gasteiger partial charge is 0.478 e. The third-order valence-corrected chi connectivity index (χ3v) is 4.85. The van der Waals surface area contributed by atoms with E-state index in [4.69, 9.17) is 26.5 Å². The molecule has 0 saturated heterocycles. The number of benzene rings is 1. The fourth-order valence-electron chi connectivity index (χ4n) is 3.19. The van der Waals surface area contributed by atoms with Crippen molar-refractivity contribution in [2.45, 2.75) is 12.8 Å². The molecule has 0 saturated carbocycles. The van der Waals surface area contributed by atoms with E-state index in [1.54, 1.807) is 25.1 Å². The highest BCUT2D eigenvalue weighted by molar-refractivity contribution is 6.33. The van der Waals surface area contributed by atoms with Crippen LogP contribution in [0.1, 0.15) is 33.3 Å². The number of halogens is 1. The van der Waals surface area contributed by atoms with Crippen LogP contribution in [0.4, 0.5) is 0 Å². The van der Waals surface area contributed by atoms with E-state index in [1.165, 1.54) is 12.1 Å². The standard InChI is InChI=1S/C19H13ClN4O4/c1-8-15-16(11(7-21)17(22)28-18(15)24-23-8)14-5-4-13(27-14)9-2-3-12(20)10(6-9)19(25)26/h2-6,16H,22H2,1H3,(H,23,24)(H,25,26). The monoisotopic (exact) mass is 396 g/mol. The highest BCUT2D eigenvalue weighted by Crippen LogP contribution is 2.43. The second kappa shape index (κ2) is 6.48. The Labute approximate surface area is 163 Å². The number of carbonyl (C=O) groups is 1. The highest BCUT2D eigenvalue weighted by atomic mass is 35.5. The van der Waals surface area contributed by atoms with E-state index >= 15 is 0 Å². The van der Waals surface area contributed by atoms with Gasteiger partial charge in [0.05, 0.1) is 22.1 Å². The van der Waals surface area contributed by atoms with Crippen molar-refractivity contribution in [2.75, 3.05) is 0 Å². The van der Waals surface area contributed by atoms with E-state index in [9.17, 15) is 15.2 Å². The van der Waals surface area contributed by atoms with Gasteiger partial charge in [-0.3, -0.25) is 5.10 Å². The van der Waals surface area contributed by atoms with Gasteiger partial charge in [0, 0.05) is 11.3 Å². The summed E-state index contributed by atoms with van der Waals surface area (Å²) in [5, 5.41) is 25.9. The Morgan fingerprint density at radius 3 is 2.89 bits per heavy atom. The molecule has 0 radical (unpaired) electrons. The van der Waals surface area contributed by atoms with E-state index < -0.39 is 11.9 Å². The van der Waals surface area contributed by atoms with Crippen LogP contribution >= 0.6 is 11.6 Å². The van der Waals surface area contributed by atoms with Gasteiger partial charge in [0.15, 0.2) is 0 Å². The topological polar surface area (TPSA) is 138 Å². The summed E-state index contributed by atoms with van der Waals surface area (Å²) in [4.78, 5) is 11.3. The first kappa shape index (κ1) is 17.7. The van der Waals surface area contributed by atoms with E-state index in [0.717, 1.165) is 5.69 Å². The van der Waals surface area contributed by atoms with Gasteiger partial charge in [-0.2, -0.15) is 5.26 Å². The summed E-state index contributed by atoms with van der Waals surface area (Å²) in [5.74, 6) is -0.591. The number of carboxylic acid groups (broad SMARTS) is 1. The van der Waals surface area contributed by atoms with Crippen LogP contribution in [0.2, 0.25) is 5.02 Å². The molecular weight excluding hydrogens is 384 g/mol. The van der Waals surface area contributed by atoms with Gasteiger partial charge in [0.25, 0.3) is 0 Å². The van der Waals surface area contributed by atoms with Crippen LogP contribution in [0.5, 0.6) is 5.88 Å². The zero-order valence-corrected chi connectivity index (χ0v) is 15.2. The number of H-pyrrole nitrogens is 1. The molecule has 3 aromatic rings. The number of furan rings is 1. The van der Waals surface area contributed by atoms with Crippen LogP contribution in [-0.2, 0) is 0 Å². The molecule has 1 unspecified atom stereocenters. The van der Waals surface area contributed by atoms with Gasteiger partial charge < -0.3 is 20.0 Å². The van der Waals surface area contributed by atoms with E-state index in [-0.39, 0.29) is 27.9 Å². The summed E-state index contributed by atoms with van der Waals surface area (Å²) in [6, 6.07) is 10.1. The van der Waals surface area contributed by atoms with E-state index in [0.29, 0.717) is 22.6 Å². The fraction of sp³-hybridized carbons (Fsp3) is 0.105. The lowest BCUT2D eigenvalue weighted by Crippen LogP contribution is -2.20. The number of allylic oxidation sites excluding steroid dienone is 1. The number of nitrogens with one attached hydrogen (secondary N) is 1. The molecule has 1 aliphatic rings. The minimum Gasteiger partial charge on any atom is -0.478 e. The molecule has 0 fully saturated rings. The molecule has 2 aromatic heterocycles. The van der Waals surface area contributed by atoms with Gasteiger partial charge in [0.2, 0.25) is 11.8 Å². The molecule has 1 atom stereocenters. The van der Waals surface area contributed by atoms with Gasteiger partial charge >= 0.3 is 5.97 Å². The van der Waals surface area contributed by atoms with Crippen LogP contribution in [0, 0.1) is 18.3 Å². The second-order valence-corrected chi connectivity index (χ2v) is 6.60. The van der Waals surface area contributed by atoms with Crippen molar-refractivity contribution < 1.29 is 19.1 Å². The first-order valence-corrected chi connectivity index (χ1v) is 8.54. The van der Waals surface area contributed by atoms with Crippen LogP contribution in [0.25, 0.3) is 11.3 Å². The van der Waals surface area contributed by atoms with Crippen LogP contribution in [0.3, 0.4) is 0 Å². The molecule has 0 bridgehead atoms. The third kappa shape index (κ3) is 2.69. The van der Waals surface area contributed by atoms with Crippen LogP contribution in [-0.4, -0.2) is 21.3 Å². The average Bonchev–Trinajstić information content (AvgIpc) is 3.28. The van der Waals surface area contributed by atoms with Crippen molar-refractivity contribution in [2.24, 2.45) is 5.73 Å². The average molecular weight is 397 g/mol. The molecular formula is C19H13ClN4O4. The predicted molar refractivity (Wildman–Crippen MR) is 98.7 cm³/mol. The Hall–Kier alpha value is -3.70. The van der Waals surface area contributed by atoms with Crippen molar-refractivity contribution in [3.05, 3.63) is 69.4 Å². The lowest BCUT2D eigenvalue weighted by atomic mass is 9.88. The zero-order valence-electron chi connectivity index (χ0n) is 14.5. The number of nitrogens with zero attached hydrogens (tertiary/aromatic N) is 2. The maximum absolute atomic E-state index is 11.3. The Balaban J connectivity index is 1.82. The quantitative estimate of drug-likeness (QED) is 0.615. The second-order valence-electron chi connectivity index (χ2n) is 6.19. The number of nitrogens with two attached hydrogens (primary N) is 1. The van der Waals surface area contributed by atoms with Gasteiger partial charge in [-0.1, -0.05) is 11.6 Å². The summed E-state index contributed by atoms with van der Waals surface area (Å²) < 4.78 is 11.4. The van der Waals surface area contributed by atoms with Gasteiger partial charge in [-0.05, 0) is 37.3 Å². The van der Waals surface area contributed by atoms with Crippen molar-refractivity contribution >= 4 is 17.6 Å². The lowest BCUT2D eigenvalue weighted by molar-refractivity contribution is 0.0697. The summed E-state index contributed by atoms with van der Waals surface area (Å²) >= 11 is 5.93. The van der Waals surface area contributed by atoms with Crippen molar-refractivity contribution in [1.29, 1.82) is 5.26 Å². The third-order valence-electron chi connectivity index (χ3n) is 4.52. The maximum atomic E-state index is 11.3. The van der Waals surface area contributed by atoms with Crippen LogP contribution in [0.15, 0.2) is 46.2 Å². The number of hydrogen-bond donors (Lipinski definition) is 3. The smallest absolute Gasteiger partial charge is 0.337 e. The summed E-state index contributed by atoms with van der Waals surface area (Å²) in [7, 11) is 0. The zero-order chi connectivity index (χ0) is 20.0. The maximum Gasteiger partial charge on any atom is 0.337 e. The molecule has 0 aliphatic carbocycles. The number of carboxylic acids is 1. The molecule has 4 rings (SSSR count). The lowest BCUT2D eigenvalue weighted by Gasteiger charge is -2.21. The SMILES string of the molecule is Cc1[nH]nc2c1C(c1ccc(-c3ccc(Cl)c(C(=O)O)c3)o1)C(C#N)=C(N)O2. The minimum atomic E-state index is -1.14. The Kier molecular flexibility index (Phi) is 4.09. The molecule has 1 aliphatic heterocycles. The molecule has 140 valence electrons.